The molecule has 0 saturated carbocycles. The minimum atomic E-state index is -0.635. The first-order valence-electron chi connectivity index (χ1n) is 6.33. The summed E-state index contributed by atoms with van der Waals surface area (Å²) in [6.07, 6.45) is 1.07. The van der Waals surface area contributed by atoms with E-state index in [1.54, 1.807) is 6.92 Å². The molecule has 1 aromatic heterocycles. The third-order valence-electron chi connectivity index (χ3n) is 2.83. The number of aryl methyl sites for hydroxylation is 1. The molecule has 10 nitrogen and oxygen atoms in total. The number of benzene rings is 1. The molecule has 23 heavy (non-hydrogen) atoms. The van der Waals surface area contributed by atoms with Crippen LogP contribution in [0.5, 0.6) is 11.5 Å². The number of amides is 1. The highest BCUT2D eigenvalue weighted by Crippen LogP contribution is 2.33. The topological polar surface area (TPSA) is 143 Å². The zero-order valence-electron chi connectivity index (χ0n) is 12.2. The van der Waals surface area contributed by atoms with Crippen LogP contribution in [0.3, 0.4) is 0 Å². The molecule has 0 aliphatic carbocycles. The van der Waals surface area contributed by atoms with E-state index in [0.29, 0.717) is 5.69 Å². The van der Waals surface area contributed by atoms with Crippen molar-refractivity contribution in [1.29, 1.82) is 0 Å². The van der Waals surface area contributed by atoms with Crippen LogP contribution in [-0.2, 0) is 0 Å². The van der Waals surface area contributed by atoms with Gasteiger partial charge in [-0.1, -0.05) is 0 Å². The van der Waals surface area contributed by atoms with Gasteiger partial charge in [-0.15, -0.1) is 0 Å². The molecular weight excluding hydrogens is 306 g/mol. The number of non-ortho nitro benzene ring substituents is 1. The molecule has 0 spiro atoms. The second kappa shape index (κ2) is 6.56. The molecule has 1 amide bonds. The Kier molecular flexibility index (Phi) is 4.55. The fourth-order valence-corrected chi connectivity index (χ4v) is 1.73. The summed E-state index contributed by atoms with van der Waals surface area (Å²) >= 11 is 0. The number of aromatic nitrogens is 2. The van der Waals surface area contributed by atoms with Gasteiger partial charge in [0.2, 0.25) is 0 Å². The molecule has 0 radical (unpaired) electrons. The Bertz CT molecular complexity index is 783. The van der Waals surface area contributed by atoms with Gasteiger partial charge in [0, 0.05) is 17.3 Å². The zero-order valence-corrected chi connectivity index (χ0v) is 12.2. The Morgan fingerprint density at radius 1 is 1.52 bits per heavy atom. The molecule has 2 rings (SSSR count). The maximum atomic E-state index is 11.7. The second-order valence-corrected chi connectivity index (χ2v) is 4.48. The summed E-state index contributed by atoms with van der Waals surface area (Å²) in [4.78, 5) is 21.9. The molecule has 120 valence electrons. The minimum Gasteiger partial charge on any atom is -0.504 e. The van der Waals surface area contributed by atoms with Gasteiger partial charge in [-0.25, -0.2) is 5.43 Å². The number of hydrogen-bond donors (Lipinski definition) is 3. The van der Waals surface area contributed by atoms with Gasteiger partial charge in [0.05, 0.1) is 24.3 Å². The Hall–Kier alpha value is -3.43. The van der Waals surface area contributed by atoms with Crippen molar-refractivity contribution < 1.29 is 19.6 Å². The number of aromatic amines is 1. The fraction of sp³-hybridized carbons (Fsp3) is 0.154. The van der Waals surface area contributed by atoms with E-state index >= 15 is 0 Å². The highest BCUT2D eigenvalue weighted by Gasteiger charge is 2.16. The lowest BCUT2D eigenvalue weighted by atomic mass is 10.2. The molecule has 3 N–H and O–H groups in total. The molecule has 0 fully saturated rings. The van der Waals surface area contributed by atoms with E-state index in [-0.39, 0.29) is 28.4 Å². The number of rotatable bonds is 5. The van der Waals surface area contributed by atoms with Crippen LogP contribution in [-0.4, -0.2) is 39.5 Å². The summed E-state index contributed by atoms with van der Waals surface area (Å²) in [5.41, 5.74) is 2.79. The molecular formula is C13H13N5O5. The van der Waals surface area contributed by atoms with E-state index < -0.39 is 10.8 Å². The van der Waals surface area contributed by atoms with Crippen molar-refractivity contribution >= 4 is 17.8 Å². The first-order valence-corrected chi connectivity index (χ1v) is 6.33. The Morgan fingerprint density at radius 2 is 2.26 bits per heavy atom. The number of ether oxygens (including phenoxy) is 1. The van der Waals surface area contributed by atoms with Crippen LogP contribution in [0.25, 0.3) is 0 Å². The second-order valence-electron chi connectivity index (χ2n) is 4.48. The van der Waals surface area contributed by atoms with Crippen LogP contribution in [0.2, 0.25) is 0 Å². The predicted octanol–water partition coefficient (Wildman–Crippen LogP) is 1.10. The lowest BCUT2D eigenvalue weighted by molar-refractivity contribution is -0.385. The number of methoxy groups -OCH3 is 1. The minimum absolute atomic E-state index is 0.0227. The smallest absolute Gasteiger partial charge is 0.291 e. The van der Waals surface area contributed by atoms with Gasteiger partial charge in [-0.2, -0.15) is 10.2 Å². The SMILES string of the molecule is COc1cc([N+](=O)[O-])cc(/C=N\NC(=O)c2cc(C)[nH]n2)c1O. The number of carbonyl (C=O) groups excluding carboxylic acids is 1. The number of nitro benzene ring substituents is 1. The summed E-state index contributed by atoms with van der Waals surface area (Å²) in [6, 6.07) is 3.71. The first-order chi connectivity index (χ1) is 10.9. The van der Waals surface area contributed by atoms with Crippen LogP contribution in [0.1, 0.15) is 21.7 Å². The average Bonchev–Trinajstić information content (AvgIpc) is 2.95. The molecule has 0 unspecified atom stereocenters. The van der Waals surface area contributed by atoms with E-state index in [2.05, 4.69) is 20.7 Å². The Labute approximate surface area is 129 Å². The van der Waals surface area contributed by atoms with Crippen LogP contribution in [0.15, 0.2) is 23.3 Å². The quantitative estimate of drug-likeness (QED) is 0.428. The van der Waals surface area contributed by atoms with E-state index in [1.165, 1.54) is 13.2 Å². The van der Waals surface area contributed by atoms with Crippen molar-refractivity contribution in [2.45, 2.75) is 6.92 Å². The number of aromatic hydroxyl groups is 1. The van der Waals surface area contributed by atoms with Crippen LogP contribution < -0.4 is 10.2 Å². The Morgan fingerprint density at radius 3 is 2.83 bits per heavy atom. The van der Waals surface area contributed by atoms with Crippen molar-refractivity contribution in [2.24, 2.45) is 5.10 Å². The van der Waals surface area contributed by atoms with E-state index in [9.17, 15) is 20.0 Å². The predicted molar refractivity (Wildman–Crippen MR) is 79.7 cm³/mol. The molecule has 0 saturated heterocycles. The van der Waals surface area contributed by atoms with Gasteiger partial charge in [0.15, 0.2) is 17.2 Å². The number of nitrogens with one attached hydrogen (secondary N) is 2. The third-order valence-corrected chi connectivity index (χ3v) is 2.83. The molecule has 1 heterocycles. The highest BCUT2D eigenvalue weighted by atomic mass is 16.6. The number of hydrogen-bond acceptors (Lipinski definition) is 7. The number of carbonyl (C=O) groups is 1. The van der Waals surface area contributed by atoms with Gasteiger partial charge < -0.3 is 9.84 Å². The Balaban J connectivity index is 2.20. The summed E-state index contributed by atoms with van der Waals surface area (Å²) < 4.78 is 4.86. The summed E-state index contributed by atoms with van der Waals surface area (Å²) in [7, 11) is 1.27. The van der Waals surface area contributed by atoms with Gasteiger partial charge in [-0.05, 0) is 13.0 Å². The van der Waals surface area contributed by atoms with E-state index in [4.69, 9.17) is 4.74 Å². The van der Waals surface area contributed by atoms with Crippen molar-refractivity contribution in [3.8, 4) is 11.5 Å². The van der Waals surface area contributed by atoms with E-state index in [0.717, 1.165) is 18.3 Å². The largest absolute Gasteiger partial charge is 0.504 e. The first kappa shape index (κ1) is 15.9. The maximum absolute atomic E-state index is 11.7. The molecule has 0 aliphatic heterocycles. The van der Waals surface area contributed by atoms with Crippen molar-refractivity contribution in [3.63, 3.8) is 0 Å². The summed E-state index contributed by atoms with van der Waals surface area (Å²) in [6.45, 7) is 1.74. The van der Waals surface area contributed by atoms with Gasteiger partial charge in [-0.3, -0.25) is 20.0 Å². The van der Waals surface area contributed by atoms with Crippen LogP contribution >= 0.6 is 0 Å². The van der Waals surface area contributed by atoms with Crippen molar-refractivity contribution in [1.82, 2.24) is 15.6 Å². The zero-order chi connectivity index (χ0) is 17.0. The van der Waals surface area contributed by atoms with Crippen LogP contribution in [0, 0.1) is 17.0 Å². The number of phenolic OH excluding ortho intramolecular Hbond substituents is 1. The number of phenols is 1. The molecule has 2 aromatic rings. The van der Waals surface area contributed by atoms with Crippen LogP contribution in [0.4, 0.5) is 5.69 Å². The van der Waals surface area contributed by atoms with E-state index in [1.807, 2.05) is 0 Å². The molecule has 0 atom stereocenters. The molecule has 0 aliphatic rings. The highest BCUT2D eigenvalue weighted by molar-refractivity contribution is 5.93. The third kappa shape index (κ3) is 3.61. The monoisotopic (exact) mass is 319 g/mol. The number of H-pyrrole nitrogens is 1. The van der Waals surface area contributed by atoms with Gasteiger partial charge in [0.25, 0.3) is 11.6 Å². The normalized spacial score (nSPS) is 10.7. The standard InChI is InChI=1S/C13H13N5O5/c1-7-3-10(16-15-7)13(20)17-14-6-8-4-9(18(21)22)5-11(23-2)12(8)19/h3-6,19H,1-2H3,(H,15,16)(H,17,20)/b14-6-. The number of nitro groups is 1. The van der Waals surface area contributed by atoms with Crippen molar-refractivity contribution in [2.75, 3.05) is 7.11 Å². The van der Waals surface area contributed by atoms with Gasteiger partial charge in [0.1, 0.15) is 0 Å². The lowest BCUT2D eigenvalue weighted by Gasteiger charge is -2.05. The number of nitrogens with zero attached hydrogens (tertiary/aromatic N) is 3. The fourth-order valence-electron chi connectivity index (χ4n) is 1.73. The van der Waals surface area contributed by atoms with Crippen molar-refractivity contribution in [3.05, 3.63) is 45.3 Å². The summed E-state index contributed by atoms with van der Waals surface area (Å²) in [5, 5.41) is 30.8. The molecule has 1 aromatic carbocycles. The maximum Gasteiger partial charge on any atom is 0.291 e. The van der Waals surface area contributed by atoms with Gasteiger partial charge >= 0.3 is 0 Å². The molecule has 10 heteroatoms. The average molecular weight is 319 g/mol. The number of hydrazone groups is 1. The summed E-state index contributed by atoms with van der Waals surface area (Å²) in [5.74, 6) is -0.968. The lowest BCUT2D eigenvalue weighted by Crippen LogP contribution is -2.18. The molecule has 0 bridgehead atoms.